The van der Waals surface area contributed by atoms with E-state index in [0.29, 0.717) is 0 Å². The van der Waals surface area contributed by atoms with Gasteiger partial charge in [0.15, 0.2) is 0 Å². The standard InChI is InChI=1S/C44H27NS/c1-2-9-32(10-3-1)45-40-15-6-4-11-35(40)39-24-22-31-27-30(21-23-34(31)44(39)45)28-17-19-29(20-18-28)33-25-26-42-43-37(33)13-8-14-38(43)36-12-5-7-16-41(36)46-42/h1-27H. The molecule has 0 bridgehead atoms. The normalized spacial score (nSPS) is 12.3. The summed E-state index contributed by atoms with van der Waals surface area (Å²) in [5, 5.41) is 7.75. The molecule has 10 rings (SSSR count). The summed E-state index contributed by atoms with van der Waals surface area (Å²) in [6.45, 7) is 0. The van der Waals surface area contributed by atoms with Gasteiger partial charge in [-0.2, -0.15) is 0 Å². The van der Waals surface area contributed by atoms with E-state index < -0.39 is 0 Å². The monoisotopic (exact) mass is 601 g/mol. The lowest BCUT2D eigenvalue weighted by Gasteiger charge is -2.21. The zero-order valence-electron chi connectivity index (χ0n) is 24.9. The average molecular weight is 602 g/mol. The van der Waals surface area contributed by atoms with E-state index in [0.717, 1.165) is 0 Å². The molecule has 1 nitrogen and oxygen atoms in total. The van der Waals surface area contributed by atoms with Gasteiger partial charge in [0.05, 0.1) is 11.0 Å². The second-order valence-corrected chi connectivity index (χ2v) is 13.2. The number of benzene rings is 8. The summed E-state index contributed by atoms with van der Waals surface area (Å²) in [4.78, 5) is 2.67. The third kappa shape index (κ3) is 3.77. The topological polar surface area (TPSA) is 4.93 Å². The maximum atomic E-state index is 2.42. The molecule has 214 valence electrons. The number of hydrogen-bond donors (Lipinski definition) is 0. The molecule has 0 amide bonds. The van der Waals surface area contributed by atoms with Crippen LogP contribution in [0.5, 0.6) is 0 Å². The predicted octanol–water partition coefficient (Wildman–Crippen LogP) is 12.6. The molecular weight excluding hydrogens is 575 g/mol. The number of nitrogens with zero attached hydrogens (tertiary/aromatic N) is 1. The van der Waals surface area contributed by atoms with Gasteiger partial charge in [-0.1, -0.05) is 139 Å². The molecule has 0 spiro atoms. The molecule has 0 atom stereocenters. The Morgan fingerprint density at radius 1 is 0.391 bits per heavy atom. The highest BCUT2D eigenvalue weighted by molar-refractivity contribution is 7.99. The Balaban J connectivity index is 1.08. The Labute approximate surface area is 271 Å². The molecule has 0 saturated heterocycles. The molecular formula is C44H27NS. The molecule has 2 heterocycles. The van der Waals surface area contributed by atoms with Gasteiger partial charge in [0.25, 0.3) is 0 Å². The van der Waals surface area contributed by atoms with E-state index >= 15 is 0 Å². The minimum atomic E-state index is 1.18. The van der Waals surface area contributed by atoms with Gasteiger partial charge in [0, 0.05) is 37.0 Å². The largest absolute Gasteiger partial charge is 0.309 e. The van der Waals surface area contributed by atoms with Crippen molar-refractivity contribution in [1.29, 1.82) is 0 Å². The van der Waals surface area contributed by atoms with Crippen LogP contribution in [0.25, 0.3) is 82.4 Å². The average Bonchev–Trinajstić information content (AvgIpc) is 3.47. The summed E-state index contributed by atoms with van der Waals surface area (Å²) in [6.07, 6.45) is 0. The van der Waals surface area contributed by atoms with Crippen molar-refractivity contribution in [1.82, 2.24) is 4.57 Å². The highest BCUT2D eigenvalue weighted by atomic mass is 32.2. The highest BCUT2D eigenvalue weighted by Crippen LogP contribution is 2.49. The molecule has 1 aromatic heterocycles. The maximum Gasteiger partial charge on any atom is 0.0619 e. The zero-order chi connectivity index (χ0) is 30.2. The lowest BCUT2D eigenvalue weighted by molar-refractivity contribution is 1.19. The smallest absolute Gasteiger partial charge is 0.0619 e. The summed E-state index contributed by atoms with van der Waals surface area (Å²) < 4.78 is 2.42. The van der Waals surface area contributed by atoms with Crippen molar-refractivity contribution in [3.8, 4) is 39.1 Å². The predicted molar refractivity (Wildman–Crippen MR) is 196 cm³/mol. The summed E-state index contributed by atoms with van der Waals surface area (Å²) in [6, 6.07) is 60.1. The second-order valence-electron chi connectivity index (χ2n) is 12.1. The van der Waals surface area contributed by atoms with Gasteiger partial charge >= 0.3 is 0 Å². The van der Waals surface area contributed by atoms with Crippen molar-refractivity contribution < 1.29 is 0 Å². The van der Waals surface area contributed by atoms with Crippen LogP contribution in [-0.4, -0.2) is 4.57 Å². The number of aromatic nitrogens is 1. The molecule has 0 unspecified atom stereocenters. The summed E-state index contributed by atoms with van der Waals surface area (Å²) in [5.41, 5.74) is 11.3. The first kappa shape index (κ1) is 25.7. The van der Waals surface area contributed by atoms with Crippen LogP contribution in [0, 0.1) is 0 Å². The highest BCUT2D eigenvalue weighted by Gasteiger charge is 2.20. The van der Waals surface area contributed by atoms with Gasteiger partial charge in [0.1, 0.15) is 0 Å². The first-order valence-electron chi connectivity index (χ1n) is 15.8. The second kappa shape index (κ2) is 9.97. The lowest BCUT2D eigenvalue weighted by Crippen LogP contribution is -1.94. The fourth-order valence-electron chi connectivity index (χ4n) is 7.49. The van der Waals surface area contributed by atoms with Crippen LogP contribution < -0.4 is 0 Å². The van der Waals surface area contributed by atoms with Gasteiger partial charge < -0.3 is 4.57 Å². The molecule has 1 aliphatic rings. The first-order chi connectivity index (χ1) is 22.8. The molecule has 0 radical (unpaired) electrons. The van der Waals surface area contributed by atoms with Crippen LogP contribution in [-0.2, 0) is 0 Å². The molecule has 0 aliphatic carbocycles. The molecule has 46 heavy (non-hydrogen) atoms. The van der Waals surface area contributed by atoms with Gasteiger partial charge in [-0.3, -0.25) is 0 Å². The zero-order valence-corrected chi connectivity index (χ0v) is 25.8. The Morgan fingerprint density at radius 3 is 2.02 bits per heavy atom. The van der Waals surface area contributed by atoms with Gasteiger partial charge in [-0.15, -0.1) is 0 Å². The molecule has 2 heteroatoms. The lowest BCUT2D eigenvalue weighted by atomic mass is 9.91. The summed E-state index contributed by atoms with van der Waals surface area (Å²) in [7, 11) is 0. The first-order valence-corrected chi connectivity index (χ1v) is 16.6. The maximum absolute atomic E-state index is 2.42. The van der Waals surface area contributed by atoms with Crippen molar-refractivity contribution in [2.45, 2.75) is 9.79 Å². The number of fused-ring (bicyclic) bond motifs is 7. The van der Waals surface area contributed by atoms with E-state index in [4.69, 9.17) is 0 Å². The number of hydrogen-bond acceptors (Lipinski definition) is 1. The van der Waals surface area contributed by atoms with Crippen LogP contribution in [0.4, 0.5) is 0 Å². The molecule has 0 saturated carbocycles. The Bertz CT molecular complexity index is 2650. The van der Waals surface area contributed by atoms with Crippen molar-refractivity contribution >= 4 is 55.1 Å². The van der Waals surface area contributed by atoms with E-state index in [1.54, 1.807) is 0 Å². The summed E-state index contributed by atoms with van der Waals surface area (Å²) in [5.74, 6) is 0. The third-order valence-electron chi connectivity index (χ3n) is 9.59. The summed E-state index contributed by atoms with van der Waals surface area (Å²) >= 11 is 1.88. The van der Waals surface area contributed by atoms with E-state index in [9.17, 15) is 0 Å². The van der Waals surface area contributed by atoms with E-state index in [-0.39, 0.29) is 0 Å². The molecule has 8 aromatic carbocycles. The SMILES string of the molecule is c1ccc(-n2c3ccccc3c3ccc4cc(-c5ccc(-c6ccc7c8c(cccc68)-c6ccccc6S7)cc5)ccc4c32)cc1. The van der Waals surface area contributed by atoms with Crippen LogP contribution in [0.3, 0.4) is 0 Å². The van der Waals surface area contributed by atoms with E-state index in [2.05, 4.69) is 168 Å². The van der Waals surface area contributed by atoms with Crippen molar-refractivity contribution in [3.63, 3.8) is 0 Å². The van der Waals surface area contributed by atoms with E-state index in [1.165, 1.54) is 92.2 Å². The van der Waals surface area contributed by atoms with Crippen molar-refractivity contribution in [3.05, 3.63) is 164 Å². The van der Waals surface area contributed by atoms with Crippen LogP contribution >= 0.6 is 11.8 Å². The Hall–Kier alpha value is -5.57. The Kier molecular flexibility index (Phi) is 5.58. The van der Waals surface area contributed by atoms with Crippen LogP contribution in [0.2, 0.25) is 0 Å². The van der Waals surface area contributed by atoms with Crippen molar-refractivity contribution in [2.24, 2.45) is 0 Å². The Morgan fingerprint density at radius 2 is 1.11 bits per heavy atom. The fourth-order valence-corrected chi connectivity index (χ4v) is 8.62. The van der Waals surface area contributed by atoms with Crippen LogP contribution in [0.15, 0.2) is 174 Å². The fraction of sp³-hybridized carbons (Fsp3) is 0. The van der Waals surface area contributed by atoms with E-state index in [1.807, 2.05) is 11.8 Å². The van der Waals surface area contributed by atoms with Gasteiger partial charge in [-0.25, -0.2) is 0 Å². The third-order valence-corrected chi connectivity index (χ3v) is 10.7. The van der Waals surface area contributed by atoms with Crippen molar-refractivity contribution in [2.75, 3.05) is 0 Å². The molecule has 9 aromatic rings. The van der Waals surface area contributed by atoms with Crippen LogP contribution in [0.1, 0.15) is 0 Å². The molecule has 0 fully saturated rings. The number of para-hydroxylation sites is 2. The minimum absolute atomic E-state index is 1.18. The number of rotatable bonds is 3. The van der Waals surface area contributed by atoms with Gasteiger partial charge in [0.2, 0.25) is 0 Å². The molecule has 1 aliphatic heterocycles. The minimum Gasteiger partial charge on any atom is -0.309 e. The quantitative estimate of drug-likeness (QED) is 0.195. The van der Waals surface area contributed by atoms with Gasteiger partial charge in [-0.05, 0) is 80.6 Å². The molecule has 0 N–H and O–H groups in total.